The molecule has 0 aromatic heterocycles. The second-order valence-corrected chi connectivity index (χ2v) is 6.37. The van der Waals surface area contributed by atoms with Gasteiger partial charge in [0.15, 0.2) is 0 Å². The van der Waals surface area contributed by atoms with E-state index >= 15 is 0 Å². The zero-order valence-electron chi connectivity index (χ0n) is 12.9. The molecule has 0 radical (unpaired) electrons. The van der Waals surface area contributed by atoms with Crippen molar-refractivity contribution in [3.63, 3.8) is 0 Å². The highest BCUT2D eigenvalue weighted by Gasteiger charge is 2.38. The number of likely N-dealkylation sites (N-methyl/N-ethyl adjacent to an activating group) is 1. The Labute approximate surface area is 118 Å². The van der Waals surface area contributed by atoms with Crippen molar-refractivity contribution in [2.24, 2.45) is 0 Å². The predicted octanol–water partition coefficient (Wildman–Crippen LogP) is 2.92. The van der Waals surface area contributed by atoms with Crippen molar-refractivity contribution in [1.29, 1.82) is 0 Å². The third-order valence-corrected chi connectivity index (χ3v) is 4.66. The molecule has 2 aliphatic heterocycles. The van der Waals surface area contributed by atoms with Crippen LogP contribution in [0.2, 0.25) is 0 Å². The molecule has 1 unspecified atom stereocenters. The normalized spacial score (nSPS) is 24.3. The van der Waals surface area contributed by atoms with Crippen LogP contribution in [0.25, 0.3) is 0 Å². The fraction of sp³-hybridized carbons (Fsp3) is 0.875. The highest BCUT2D eigenvalue weighted by molar-refractivity contribution is 5.14. The molecule has 1 N–H and O–H groups in total. The molecule has 0 aromatic carbocycles. The molecule has 0 saturated carbocycles. The lowest BCUT2D eigenvalue weighted by Gasteiger charge is -2.44. The molecular weight excluding hydrogens is 236 g/mol. The Hall–Kier alpha value is -0.540. The summed E-state index contributed by atoms with van der Waals surface area (Å²) in [5, 5.41) is 3.49. The molecule has 1 atom stereocenters. The van der Waals surface area contributed by atoms with E-state index in [9.17, 15) is 0 Å². The molecule has 19 heavy (non-hydrogen) atoms. The molecule has 0 amide bonds. The molecule has 110 valence electrons. The lowest BCUT2D eigenvalue weighted by Crippen LogP contribution is -2.58. The van der Waals surface area contributed by atoms with Gasteiger partial charge >= 0.3 is 0 Å². The van der Waals surface area contributed by atoms with Gasteiger partial charge in [-0.1, -0.05) is 12.8 Å². The number of ether oxygens (including phenoxy) is 1. The second kappa shape index (κ2) is 6.76. The van der Waals surface area contributed by atoms with Gasteiger partial charge < -0.3 is 10.1 Å². The molecule has 2 aliphatic rings. The van der Waals surface area contributed by atoms with Gasteiger partial charge in [0.2, 0.25) is 0 Å². The third-order valence-electron chi connectivity index (χ3n) is 4.66. The number of nitrogens with zero attached hydrogens (tertiary/aromatic N) is 1. The summed E-state index contributed by atoms with van der Waals surface area (Å²) in [6.07, 6.45) is 10.0. The van der Waals surface area contributed by atoms with E-state index in [1.54, 1.807) is 0 Å². The number of hydrogen-bond donors (Lipinski definition) is 1. The van der Waals surface area contributed by atoms with E-state index in [-0.39, 0.29) is 5.54 Å². The van der Waals surface area contributed by atoms with Gasteiger partial charge in [0.1, 0.15) is 5.76 Å². The van der Waals surface area contributed by atoms with Crippen LogP contribution >= 0.6 is 0 Å². The monoisotopic (exact) mass is 266 g/mol. The van der Waals surface area contributed by atoms with Gasteiger partial charge in [0, 0.05) is 5.54 Å². The van der Waals surface area contributed by atoms with Crippen molar-refractivity contribution in [1.82, 2.24) is 10.2 Å². The number of rotatable bonds is 4. The van der Waals surface area contributed by atoms with Gasteiger partial charge in [-0.05, 0) is 65.7 Å². The summed E-state index contributed by atoms with van der Waals surface area (Å²) in [6, 6.07) is 0.297. The molecule has 0 aliphatic carbocycles. The topological polar surface area (TPSA) is 24.5 Å². The Morgan fingerprint density at radius 1 is 1.16 bits per heavy atom. The van der Waals surface area contributed by atoms with Crippen LogP contribution in [0.15, 0.2) is 11.8 Å². The molecular formula is C16H30N2O. The highest BCUT2D eigenvalue weighted by atomic mass is 16.5. The summed E-state index contributed by atoms with van der Waals surface area (Å²) in [5.74, 6) is 1.16. The van der Waals surface area contributed by atoms with E-state index in [1.807, 2.05) is 0 Å². The summed E-state index contributed by atoms with van der Waals surface area (Å²) in [4.78, 5) is 2.65. The van der Waals surface area contributed by atoms with Gasteiger partial charge in [0.05, 0.1) is 12.6 Å². The van der Waals surface area contributed by atoms with E-state index in [1.165, 1.54) is 38.8 Å². The maximum absolute atomic E-state index is 5.91. The smallest absolute Gasteiger partial charge is 0.111 e. The molecule has 3 nitrogen and oxygen atoms in total. The Balaban J connectivity index is 2.11. The first-order valence-electron chi connectivity index (χ1n) is 7.91. The predicted molar refractivity (Wildman–Crippen MR) is 80.2 cm³/mol. The van der Waals surface area contributed by atoms with Crippen molar-refractivity contribution in [2.75, 3.05) is 26.7 Å². The van der Waals surface area contributed by atoms with Crippen molar-refractivity contribution in [3.8, 4) is 0 Å². The third kappa shape index (κ3) is 3.51. The maximum atomic E-state index is 5.91. The van der Waals surface area contributed by atoms with Crippen LogP contribution in [-0.4, -0.2) is 43.2 Å². The van der Waals surface area contributed by atoms with Crippen molar-refractivity contribution < 1.29 is 4.74 Å². The fourth-order valence-electron chi connectivity index (χ4n) is 3.45. The molecule has 2 rings (SSSR count). The largest absolute Gasteiger partial charge is 0.497 e. The Morgan fingerprint density at radius 3 is 2.37 bits per heavy atom. The van der Waals surface area contributed by atoms with Crippen molar-refractivity contribution in [2.45, 2.75) is 64.0 Å². The first-order valence-corrected chi connectivity index (χ1v) is 7.91. The number of nitrogens with one attached hydrogen (secondary N) is 1. The fourth-order valence-corrected chi connectivity index (χ4v) is 3.45. The van der Waals surface area contributed by atoms with Gasteiger partial charge in [0.25, 0.3) is 0 Å². The zero-order valence-corrected chi connectivity index (χ0v) is 12.9. The van der Waals surface area contributed by atoms with Gasteiger partial charge in [-0.15, -0.1) is 0 Å². The maximum Gasteiger partial charge on any atom is 0.111 e. The van der Waals surface area contributed by atoms with E-state index in [0.717, 1.165) is 25.2 Å². The molecule has 1 saturated heterocycles. The van der Waals surface area contributed by atoms with Crippen LogP contribution in [0.3, 0.4) is 0 Å². The van der Waals surface area contributed by atoms with Gasteiger partial charge in [-0.3, -0.25) is 4.90 Å². The quantitative estimate of drug-likeness (QED) is 0.847. The van der Waals surface area contributed by atoms with Crippen LogP contribution in [0.1, 0.15) is 52.4 Å². The summed E-state index contributed by atoms with van der Waals surface area (Å²) >= 11 is 0. The van der Waals surface area contributed by atoms with Crippen LogP contribution in [0.4, 0.5) is 0 Å². The Kier molecular flexibility index (Phi) is 5.28. The number of likely N-dealkylation sites (tertiary alicyclic amines) is 1. The SMILES string of the molecule is CNC(C1=CCCCO1)C(C)(C)N1CCCCCC1. The van der Waals surface area contributed by atoms with Crippen LogP contribution in [0, 0.1) is 0 Å². The molecule has 1 fully saturated rings. The molecule has 0 spiro atoms. The first kappa shape index (κ1) is 14.9. The van der Waals surface area contributed by atoms with Crippen molar-refractivity contribution in [3.05, 3.63) is 11.8 Å². The summed E-state index contributed by atoms with van der Waals surface area (Å²) in [5.41, 5.74) is 0.113. The first-order chi connectivity index (χ1) is 9.16. The lowest BCUT2D eigenvalue weighted by molar-refractivity contribution is 0.0625. The number of hydrogen-bond acceptors (Lipinski definition) is 3. The molecule has 3 heteroatoms. The van der Waals surface area contributed by atoms with E-state index < -0.39 is 0 Å². The van der Waals surface area contributed by atoms with Gasteiger partial charge in [-0.25, -0.2) is 0 Å². The Morgan fingerprint density at radius 2 is 1.84 bits per heavy atom. The minimum atomic E-state index is 0.113. The number of allylic oxidation sites excluding steroid dienone is 1. The average Bonchev–Trinajstić information content (AvgIpc) is 2.70. The summed E-state index contributed by atoms with van der Waals surface area (Å²) in [7, 11) is 2.06. The standard InChI is InChI=1S/C16H30N2O/c1-16(2,18-11-7-4-5-8-12-18)15(17-3)14-10-6-9-13-19-14/h10,15,17H,4-9,11-13H2,1-3H3. The van der Waals surface area contributed by atoms with E-state index in [0.29, 0.717) is 6.04 Å². The second-order valence-electron chi connectivity index (χ2n) is 6.37. The van der Waals surface area contributed by atoms with E-state index in [4.69, 9.17) is 4.74 Å². The molecule has 0 aromatic rings. The minimum absolute atomic E-state index is 0.113. The van der Waals surface area contributed by atoms with Gasteiger partial charge in [-0.2, -0.15) is 0 Å². The summed E-state index contributed by atoms with van der Waals surface area (Å²) < 4.78 is 5.91. The van der Waals surface area contributed by atoms with Crippen LogP contribution in [-0.2, 0) is 4.74 Å². The summed E-state index contributed by atoms with van der Waals surface area (Å²) in [6.45, 7) is 8.04. The van der Waals surface area contributed by atoms with Crippen LogP contribution in [0.5, 0.6) is 0 Å². The van der Waals surface area contributed by atoms with Crippen LogP contribution < -0.4 is 5.32 Å². The minimum Gasteiger partial charge on any atom is -0.497 e. The highest BCUT2D eigenvalue weighted by Crippen LogP contribution is 2.29. The lowest BCUT2D eigenvalue weighted by atomic mass is 9.89. The van der Waals surface area contributed by atoms with E-state index in [2.05, 4.69) is 37.2 Å². The molecule has 2 heterocycles. The van der Waals surface area contributed by atoms with Crippen molar-refractivity contribution >= 4 is 0 Å². The molecule has 0 bridgehead atoms. The Bertz CT molecular complexity index is 304. The zero-order chi connectivity index (χ0) is 13.7. The average molecular weight is 266 g/mol.